The number of nitrogens with zero attached hydrogens (tertiary/aromatic N) is 2. The van der Waals surface area contributed by atoms with E-state index < -0.39 is 11.6 Å². The van der Waals surface area contributed by atoms with E-state index in [1.54, 1.807) is 17.8 Å². The van der Waals surface area contributed by atoms with Crippen LogP contribution in [0.2, 0.25) is 0 Å². The lowest BCUT2D eigenvalue weighted by Crippen LogP contribution is -2.45. The Labute approximate surface area is 146 Å². The molecule has 0 radical (unpaired) electrons. The zero-order valence-corrected chi connectivity index (χ0v) is 14.9. The Bertz CT molecular complexity index is 613. The van der Waals surface area contributed by atoms with Gasteiger partial charge in [0.2, 0.25) is 5.91 Å². The lowest BCUT2D eigenvalue weighted by Gasteiger charge is -2.40. The van der Waals surface area contributed by atoms with Gasteiger partial charge in [0, 0.05) is 31.6 Å². The van der Waals surface area contributed by atoms with Crippen LogP contribution in [-0.2, 0) is 11.3 Å². The monoisotopic (exact) mass is 354 g/mol. The Kier molecular flexibility index (Phi) is 5.45. The van der Waals surface area contributed by atoms with E-state index in [4.69, 9.17) is 0 Å². The standard InChI is InChI=1S/C18H24F2N2OS/c1-24-11-17(23)22-8-6-18(13-22)5-2-7-21(12-18)10-14-3-4-15(19)16(20)9-14/h3-4,9H,2,5-8,10-13H2,1H3. The second-order valence-electron chi connectivity index (χ2n) is 7.06. The van der Waals surface area contributed by atoms with Crippen molar-refractivity contribution in [3.8, 4) is 0 Å². The third kappa shape index (κ3) is 3.91. The van der Waals surface area contributed by atoms with Gasteiger partial charge in [-0.25, -0.2) is 8.78 Å². The molecule has 0 bridgehead atoms. The number of carbonyl (C=O) groups excluding carboxylic acids is 1. The molecule has 2 aliphatic rings. The predicted molar refractivity (Wildman–Crippen MR) is 92.9 cm³/mol. The van der Waals surface area contributed by atoms with E-state index in [1.165, 1.54) is 12.1 Å². The first kappa shape index (κ1) is 17.7. The average Bonchev–Trinajstić information content (AvgIpc) is 2.95. The third-order valence-electron chi connectivity index (χ3n) is 5.19. The molecule has 3 rings (SSSR count). The molecule has 132 valence electrons. The largest absolute Gasteiger partial charge is 0.341 e. The number of benzene rings is 1. The minimum Gasteiger partial charge on any atom is -0.341 e. The average molecular weight is 354 g/mol. The highest BCUT2D eigenvalue weighted by atomic mass is 32.2. The highest BCUT2D eigenvalue weighted by molar-refractivity contribution is 7.99. The summed E-state index contributed by atoms with van der Waals surface area (Å²) in [6, 6.07) is 4.14. The molecule has 0 saturated carbocycles. The van der Waals surface area contributed by atoms with Gasteiger partial charge in [0.25, 0.3) is 0 Å². The van der Waals surface area contributed by atoms with Gasteiger partial charge in [0.1, 0.15) is 0 Å². The molecule has 24 heavy (non-hydrogen) atoms. The Morgan fingerprint density at radius 1 is 1.21 bits per heavy atom. The first-order valence-electron chi connectivity index (χ1n) is 8.44. The molecule has 1 aromatic carbocycles. The van der Waals surface area contributed by atoms with Crippen LogP contribution in [0.4, 0.5) is 8.78 Å². The molecule has 2 fully saturated rings. The molecule has 2 aliphatic heterocycles. The minimum absolute atomic E-state index is 0.172. The molecule has 6 heteroatoms. The summed E-state index contributed by atoms with van der Waals surface area (Å²) in [6.45, 7) is 4.21. The lowest BCUT2D eigenvalue weighted by atomic mass is 9.79. The van der Waals surface area contributed by atoms with Gasteiger partial charge in [-0.3, -0.25) is 9.69 Å². The second kappa shape index (κ2) is 7.40. The van der Waals surface area contributed by atoms with Crippen LogP contribution in [0.15, 0.2) is 18.2 Å². The summed E-state index contributed by atoms with van der Waals surface area (Å²) in [6.07, 6.45) is 5.23. The molecule has 1 aromatic rings. The zero-order valence-electron chi connectivity index (χ0n) is 14.1. The van der Waals surface area contributed by atoms with Crippen molar-refractivity contribution < 1.29 is 13.6 Å². The fraction of sp³-hybridized carbons (Fsp3) is 0.611. The van der Waals surface area contributed by atoms with Crippen molar-refractivity contribution in [3.05, 3.63) is 35.4 Å². The molecule has 0 aliphatic carbocycles. The number of piperidine rings is 1. The third-order valence-corrected chi connectivity index (χ3v) is 5.73. The van der Waals surface area contributed by atoms with E-state index in [0.717, 1.165) is 51.0 Å². The summed E-state index contributed by atoms with van der Waals surface area (Å²) in [5, 5.41) is 0. The number of amides is 1. The van der Waals surface area contributed by atoms with E-state index in [9.17, 15) is 13.6 Å². The summed E-state index contributed by atoms with van der Waals surface area (Å²) in [4.78, 5) is 16.4. The molecular formula is C18H24F2N2OS. The maximum absolute atomic E-state index is 13.4. The zero-order chi connectivity index (χ0) is 17.2. The molecule has 0 N–H and O–H groups in total. The lowest BCUT2D eigenvalue weighted by molar-refractivity contribution is -0.127. The quantitative estimate of drug-likeness (QED) is 0.830. The molecule has 0 aromatic heterocycles. The van der Waals surface area contributed by atoms with Crippen LogP contribution in [0.25, 0.3) is 0 Å². The Hall–Kier alpha value is -1.14. The smallest absolute Gasteiger partial charge is 0.232 e. The molecule has 2 saturated heterocycles. The van der Waals surface area contributed by atoms with E-state index in [0.29, 0.717) is 12.3 Å². The topological polar surface area (TPSA) is 23.6 Å². The molecule has 1 amide bonds. The van der Waals surface area contributed by atoms with Crippen LogP contribution >= 0.6 is 11.8 Å². The van der Waals surface area contributed by atoms with Crippen molar-refractivity contribution in [3.63, 3.8) is 0 Å². The second-order valence-corrected chi connectivity index (χ2v) is 7.93. The van der Waals surface area contributed by atoms with Crippen molar-refractivity contribution in [2.45, 2.75) is 25.8 Å². The number of halogens is 2. The Balaban J connectivity index is 1.62. The number of hydrogen-bond donors (Lipinski definition) is 0. The van der Waals surface area contributed by atoms with Crippen molar-refractivity contribution in [1.29, 1.82) is 0 Å². The normalized spacial score (nSPS) is 24.7. The minimum atomic E-state index is -0.799. The van der Waals surface area contributed by atoms with E-state index >= 15 is 0 Å². The van der Waals surface area contributed by atoms with Crippen molar-refractivity contribution in [1.82, 2.24) is 9.80 Å². The van der Waals surface area contributed by atoms with Gasteiger partial charge < -0.3 is 4.90 Å². The highest BCUT2D eigenvalue weighted by Gasteiger charge is 2.42. The Morgan fingerprint density at radius 2 is 2.04 bits per heavy atom. The molecule has 1 atom stereocenters. The molecule has 3 nitrogen and oxygen atoms in total. The van der Waals surface area contributed by atoms with Gasteiger partial charge in [-0.2, -0.15) is 11.8 Å². The highest BCUT2D eigenvalue weighted by Crippen LogP contribution is 2.39. The van der Waals surface area contributed by atoms with Gasteiger partial charge in [-0.05, 0) is 49.8 Å². The van der Waals surface area contributed by atoms with E-state index in [1.807, 2.05) is 11.2 Å². The fourth-order valence-electron chi connectivity index (χ4n) is 4.04. The maximum Gasteiger partial charge on any atom is 0.232 e. The summed E-state index contributed by atoms with van der Waals surface area (Å²) in [5.74, 6) is -0.798. The summed E-state index contributed by atoms with van der Waals surface area (Å²) >= 11 is 1.57. The van der Waals surface area contributed by atoms with Crippen molar-refractivity contribution in [2.24, 2.45) is 5.41 Å². The number of rotatable bonds is 4. The van der Waals surface area contributed by atoms with Gasteiger partial charge in [-0.15, -0.1) is 0 Å². The van der Waals surface area contributed by atoms with Crippen LogP contribution in [0.1, 0.15) is 24.8 Å². The van der Waals surface area contributed by atoms with Gasteiger partial charge in [0.05, 0.1) is 5.75 Å². The molecule has 2 heterocycles. The summed E-state index contributed by atoms with van der Waals surface area (Å²) in [5.41, 5.74) is 0.976. The number of thioether (sulfide) groups is 1. The van der Waals surface area contributed by atoms with Crippen molar-refractivity contribution >= 4 is 17.7 Å². The van der Waals surface area contributed by atoms with Crippen LogP contribution in [0, 0.1) is 17.0 Å². The number of hydrogen-bond acceptors (Lipinski definition) is 3. The first-order valence-corrected chi connectivity index (χ1v) is 9.84. The SMILES string of the molecule is CSCC(=O)N1CCC2(CCCN(Cc3ccc(F)c(F)c3)C2)C1. The van der Waals surface area contributed by atoms with Crippen LogP contribution < -0.4 is 0 Å². The number of carbonyl (C=O) groups is 1. The van der Waals surface area contributed by atoms with Gasteiger partial charge in [-0.1, -0.05) is 6.07 Å². The first-order chi connectivity index (χ1) is 11.5. The maximum atomic E-state index is 13.4. The Morgan fingerprint density at radius 3 is 2.79 bits per heavy atom. The van der Waals surface area contributed by atoms with Crippen LogP contribution in [-0.4, -0.2) is 53.9 Å². The van der Waals surface area contributed by atoms with E-state index in [2.05, 4.69) is 4.90 Å². The molecular weight excluding hydrogens is 330 g/mol. The predicted octanol–water partition coefficient (Wildman–Crippen LogP) is 3.14. The molecule has 1 unspecified atom stereocenters. The summed E-state index contributed by atoms with van der Waals surface area (Å²) < 4.78 is 26.5. The van der Waals surface area contributed by atoms with Crippen LogP contribution in [0.3, 0.4) is 0 Å². The van der Waals surface area contributed by atoms with Gasteiger partial charge >= 0.3 is 0 Å². The van der Waals surface area contributed by atoms with E-state index in [-0.39, 0.29) is 11.3 Å². The summed E-state index contributed by atoms with van der Waals surface area (Å²) in [7, 11) is 0. The van der Waals surface area contributed by atoms with Gasteiger partial charge in [0.15, 0.2) is 11.6 Å². The number of likely N-dealkylation sites (tertiary alicyclic amines) is 2. The van der Waals surface area contributed by atoms with Crippen molar-refractivity contribution in [2.75, 3.05) is 38.2 Å². The fourth-order valence-corrected chi connectivity index (χ4v) is 4.47. The molecule has 1 spiro atoms. The van der Waals surface area contributed by atoms with Crippen LogP contribution in [0.5, 0.6) is 0 Å².